The molecule has 0 unspecified atom stereocenters. The second kappa shape index (κ2) is 7.25. The van der Waals surface area contributed by atoms with E-state index >= 15 is 0 Å². The number of anilines is 1. The first-order chi connectivity index (χ1) is 11.8. The van der Waals surface area contributed by atoms with Gasteiger partial charge in [0.05, 0.1) is 16.3 Å². The van der Waals surface area contributed by atoms with Gasteiger partial charge in [-0.2, -0.15) is 0 Å². The first-order valence-electron chi connectivity index (χ1n) is 8.93. The molecule has 1 saturated carbocycles. The molecule has 0 atom stereocenters. The van der Waals surface area contributed by atoms with E-state index in [1.54, 1.807) is 19.1 Å². The Morgan fingerprint density at radius 1 is 1.08 bits per heavy atom. The van der Waals surface area contributed by atoms with Crippen LogP contribution in [0.25, 0.3) is 0 Å². The van der Waals surface area contributed by atoms with Crippen LogP contribution in [0.5, 0.6) is 0 Å². The minimum absolute atomic E-state index is 0.000277. The molecule has 1 aromatic rings. The summed E-state index contributed by atoms with van der Waals surface area (Å²) < 4.78 is 54.1. The largest absolute Gasteiger partial charge is 0.270 e. The van der Waals surface area contributed by atoms with Crippen molar-refractivity contribution in [2.75, 3.05) is 16.6 Å². The Kier molecular flexibility index (Phi) is 5.41. The van der Waals surface area contributed by atoms with Crippen molar-refractivity contribution in [1.29, 1.82) is 0 Å². The zero-order valence-corrected chi connectivity index (χ0v) is 16.2. The van der Waals surface area contributed by atoms with Crippen molar-refractivity contribution < 1.29 is 16.8 Å². The highest BCUT2D eigenvalue weighted by atomic mass is 32.2. The third-order valence-corrected chi connectivity index (χ3v) is 8.56. The molecule has 2 aliphatic rings. The van der Waals surface area contributed by atoms with Crippen LogP contribution in [0, 0.1) is 6.92 Å². The molecule has 0 bridgehead atoms. The fraction of sp³-hybridized carbons (Fsp3) is 0.647. The molecule has 140 valence electrons. The Bertz CT molecular complexity index is 828. The topological polar surface area (TPSA) is 83.6 Å². The van der Waals surface area contributed by atoms with Gasteiger partial charge in [-0.15, -0.1) is 0 Å². The fourth-order valence-corrected chi connectivity index (χ4v) is 6.84. The Balaban J connectivity index is 1.84. The van der Waals surface area contributed by atoms with E-state index in [4.69, 9.17) is 0 Å². The first kappa shape index (κ1) is 18.7. The normalized spacial score (nSPS) is 22.0. The van der Waals surface area contributed by atoms with Crippen LogP contribution in [0.2, 0.25) is 0 Å². The number of hydrogen-bond acceptors (Lipinski definition) is 4. The lowest BCUT2D eigenvalue weighted by Gasteiger charge is -2.29. The van der Waals surface area contributed by atoms with E-state index in [1.165, 1.54) is 10.4 Å². The molecule has 1 aromatic carbocycles. The van der Waals surface area contributed by atoms with Gasteiger partial charge in [-0.25, -0.2) is 21.6 Å². The van der Waals surface area contributed by atoms with Gasteiger partial charge >= 0.3 is 0 Å². The number of benzene rings is 1. The number of nitrogens with zero attached hydrogens (tertiary/aromatic N) is 1. The van der Waals surface area contributed by atoms with E-state index in [9.17, 15) is 16.8 Å². The lowest BCUT2D eigenvalue weighted by atomic mass is 9.96. The molecule has 1 heterocycles. The summed E-state index contributed by atoms with van der Waals surface area (Å²) in [6.45, 7) is 2.17. The highest BCUT2D eigenvalue weighted by molar-refractivity contribution is 7.92. The summed E-state index contributed by atoms with van der Waals surface area (Å²) in [7, 11) is -6.88. The van der Waals surface area contributed by atoms with Crippen molar-refractivity contribution in [2.45, 2.75) is 62.8 Å². The smallest absolute Gasteiger partial charge is 0.241 e. The second-order valence-corrected chi connectivity index (χ2v) is 10.7. The third kappa shape index (κ3) is 4.17. The molecule has 1 aliphatic heterocycles. The molecule has 6 nitrogen and oxygen atoms in total. The number of rotatable bonds is 4. The van der Waals surface area contributed by atoms with Gasteiger partial charge in [0.2, 0.25) is 20.0 Å². The van der Waals surface area contributed by atoms with Crippen LogP contribution in [0.4, 0.5) is 5.69 Å². The van der Waals surface area contributed by atoms with Gasteiger partial charge in [0.25, 0.3) is 0 Å². The van der Waals surface area contributed by atoms with Crippen LogP contribution < -0.4 is 9.03 Å². The van der Waals surface area contributed by atoms with E-state index in [1.807, 2.05) is 0 Å². The molecule has 0 amide bonds. The van der Waals surface area contributed by atoms with Crippen molar-refractivity contribution in [3.63, 3.8) is 0 Å². The quantitative estimate of drug-likeness (QED) is 0.862. The zero-order valence-electron chi connectivity index (χ0n) is 14.6. The lowest BCUT2D eigenvalue weighted by molar-refractivity contribution is 0.412. The lowest BCUT2D eigenvalue weighted by Crippen LogP contribution is -2.38. The number of aryl methyl sites for hydroxylation is 1. The predicted octanol–water partition coefficient (Wildman–Crippen LogP) is 2.54. The van der Waals surface area contributed by atoms with Gasteiger partial charge in [0.1, 0.15) is 0 Å². The molecule has 8 heteroatoms. The Morgan fingerprint density at radius 3 is 2.44 bits per heavy atom. The van der Waals surface area contributed by atoms with Gasteiger partial charge < -0.3 is 0 Å². The van der Waals surface area contributed by atoms with Crippen LogP contribution >= 0.6 is 0 Å². The van der Waals surface area contributed by atoms with Gasteiger partial charge in [-0.05, 0) is 56.4 Å². The van der Waals surface area contributed by atoms with Gasteiger partial charge in [0, 0.05) is 12.6 Å². The van der Waals surface area contributed by atoms with Gasteiger partial charge in [-0.3, -0.25) is 4.31 Å². The summed E-state index contributed by atoms with van der Waals surface area (Å²) in [5, 5.41) is 0. The van der Waals surface area contributed by atoms with Crippen LogP contribution in [-0.4, -0.2) is 35.2 Å². The monoisotopic (exact) mass is 386 g/mol. The summed E-state index contributed by atoms with van der Waals surface area (Å²) >= 11 is 0. The summed E-state index contributed by atoms with van der Waals surface area (Å²) in [6, 6.07) is 4.80. The van der Waals surface area contributed by atoms with Crippen molar-refractivity contribution in [2.24, 2.45) is 0 Å². The number of sulfonamides is 2. The maximum Gasteiger partial charge on any atom is 0.241 e. The van der Waals surface area contributed by atoms with Gasteiger partial charge in [-0.1, -0.05) is 19.3 Å². The van der Waals surface area contributed by atoms with Crippen LogP contribution in [0.15, 0.2) is 23.1 Å². The standard InChI is InChI=1S/C17H26N2O4S2/c1-14-13-16(19-11-5-6-12-24(19,20)21)9-10-17(14)25(22,23)18-15-7-3-2-4-8-15/h9-10,13,15,18H,2-8,11-12H2,1H3. The Labute approximate surface area is 150 Å². The second-order valence-electron chi connectivity index (χ2n) is 7.00. The molecule has 3 rings (SSSR count). The molecular weight excluding hydrogens is 360 g/mol. The van der Waals surface area contributed by atoms with E-state index in [-0.39, 0.29) is 16.7 Å². The van der Waals surface area contributed by atoms with Crippen molar-refractivity contribution in [1.82, 2.24) is 4.72 Å². The summed E-state index contributed by atoms with van der Waals surface area (Å²) in [4.78, 5) is 0.233. The molecule has 1 aliphatic carbocycles. The van der Waals surface area contributed by atoms with Gasteiger partial charge in [0.15, 0.2) is 0 Å². The minimum Gasteiger partial charge on any atom is -0.270 e. The summed E-state index contributed by atoms with van der Waals surface area (Å²) in [6.07, 6.45) is 6.52. The molecule has 2 fully saturated rings. The number of hydrogen-bond donors (Lipinski definition) is 1. The predicted molar refractivity (Wildman–Crippen MR) is 98.7 cm³/mol. The van der Waals surface area contributed by atoms with Crippen molar-refractivity contribution in [3.05, 3.63) is 23.8 Å². The fourth-order valence-electron chi connectivity index (χ4n) is 3.67. The summed E-state index contributed by atoms with van der Waals surface area (Å²) in [5.74, 6) is 0.148. The zero-order chi connectivity index (χ0) is 18.1. The maximum atomic E-state index is 12.7. The highest BCUT2D eigenvalue weighted by Crippen LogP contribution is 2.28. The molecule has 1 saturated heterocycles. The third-order valence-electron chi connectivity index (χ3n) is 5.01. The van der Waals surface area contributed by atoms with Crippen LogP contribution in [0.1, 0.15) is 50.5 Å². The molecule has 0 aromatic heterocycles. The minimum atomic E-state index is -3.58. The Morgan fingerprint density at radius 2 is 1.80 bits per heavy atom. The first-order valence-corrected chi connectivity index (χ1v) is 12.0. The number of nitrogens with one attached hydrogen (secondary N) is 1. The van der Waals surface area contributed by atoms with E-state index < -0.39 is 20.0 Å². The molecule has 0 radical (unpaired) electrons. The summed E-state index contributed by atoms with van der Waals surface area (Å²) in [5.41, 5.74) is 1.12. The Hall–Kier alpha value is -1.12. The van der Waals surface area contributed by atoms with Crippen LogP contribution in [-0.2, 0) is 20.0 Å². The molecule has 0 spiro atoms. The van der Waals surface area contributed by atoms with E-state index in [0.717, 1.165) is 38.5 Å². The molecular formula is C17H26N2O4S2. The SMILES string of the molecule is Cc1cc(N2CCCCS2(=O)=O)ccc1S(=O)(=O)NC1CCCCC1. The molecule has 1 N–H and O–H groups in total. The van der Waals surface area contributed by atoms with Crippen molar-refractivity contribution in [3.8, 4) is 0 Å². The average molecular weight is 387 g/mol. The van der Waals surface area contributed by atoms with E-state index in [2.05, 4.69) is 4.72 Å². The average Bonchev–Trinajstić information content (AvgIpc) is 2.54. The van der Waals surface area contributed by atoms with Crippen molar-refractivity contribution >= 4 is 25.7 Å². The molecule has 25 heavy (non-hydrogen) atoms. The maximum absolute atomic E-state index is 12.7. The highest BCUT2D eigenvalue weighted by Gasteiger charge is 2.28. The van der Waals surface area contributed by atoms with E-state index in [0.29, 0.717) is 24.2 Å². The van der Waals surface area contributed by atoms with Crippen LogP contribution in [0.3, 0.4) is 0 Å².